The summed E-state index contributed by atoms with van der Waals surface area (Å²) in [5.41, 5.74) is 2.96. The highest BCUT2D eigenvalue weighted by Crippen LogP contribution is 2.30. The van der Waals surface area contributed by atoms with Crippen molar-refractivity contribution < 1.29 is 4.79 Å². The number of halogens is 2. The Hall–Kier alpha value is -1.75. The van der Waals surface area contributed by atoms with E-state index in [0.29, 0.717) is 11.4 Å². The molecule has 0 saturated carbocycles. The van der Waals surface area contributed by atoms with E-state index in [1.165, 1.54) is 18.4 Å². The SMILES string of the molecule is CCCCCCC(=O)Nc1ccc(N2CCN(Cc3ccccc3Cl)CC2)c(Cl)c1. The van der Waals surface area contributed by atoms with Gasteiger partial charge >= 0.3 is 0 Å². The Bertz CT molecular complexity index is 835. The molecule has 2 aromatic carbocycles. The second kappa shape index (κ2) is 11.6. The van der Waals surface area contributed by atoms with Gasteiger partial charge in [-0.25, -0.2) is 0 Å². The number of unbranched alkanes of at least 4 members (excludes halogenated alkanes) is 3. The minimum absolute atomic E-state index is 0.0584. The fraction of sp³-hybridized carbons (Fsp3) is 0.458. The maximum absolute atomic E-state index is 12.1. The zero-order chi connectivity index (χ0) is 21.3. The van der Waals surface area contributed by atoms with E-state index < -0.39 is 0 Å². The highest BCUT2D eigenvalue weighted by atomic mass is 35.5. The second-order valence-electron chi connectivity index (χ2n) is 7.88. The zero-order valence-electron chi connectivity index (χ0n) is 17.7. The zero-order valence-corrected chi connectivity index (χ0v) is 19.2. The number of amides is 1. The summed E-state index contributed by atoms with van der Waals surface area (Å²) in [5.74, 6) is 0.0584. The van der Waals surface area contributed by atoms with Crippen molar-refractivity contribution in [3.05, 3.63) is 58.1 Å². The number of carbonyl (C=O) groups is 1. The summed E-state index contributed by atoms with van der Waals surface area (Å²) in [6.07, 6.45) is 4.95. The van der Waals surface area contributed by atoms with Gasteiger partial charge < -0.3 is 10.2 Å². The first-order chi connectivity index (χ1) is 14.6. The van der Waals surface area contributed by atoms with Crippen molar-refractivity contribution in [2.24, 2.45) is 0 Å². The first kappa shape index (κ1) is 22.9. The molecule has 1 fully saturated rings. The van der Waals surface area contributed by atoms with Crippen molar-refractivity contribution in [1.82, 2.24) is 4.90 Å². The van der Waals surface area contributed by atoms with Crippen LogP contribution in [0.2, 0.25) is 10.0 Å². The summed E-state index contributed by atoms with van der Waals surface area (Å²) in [6.45, 7) is 6.77. The van der Waals surface area contributed by atoms with E-state index in [0.717, 1.165) is 62.0 Å². The van der Waals surface area contributed by atoms with Gasteiger partial charge in [-0.3, -0.25) is 9.69 Å². The average molecular weight is 448 g/mol. The molecule has 162 valence electrons. The number of piperazine rings is 1. The van der Waals surface area contributed by atoms with E-state index in [4.69, 9.17) is 23.2 Å². The molecule has 1 N–H and O–H groups in total. The molecule has 0 aromatic heterocycles. The summed E-state index contributed by atoms with van der Waals surface area (Å²) >= 11 is 12.9. The fourth-order valence-corrected chi connectivity index (χ4v) is 4.29. The molecule has 30 heavy (non-hydrogen) atoms. The molecule has 1 aliphatic heterocycles. The van der Waals surface area contributed by atoms with Gasteiger partial charge in [0, 0.05) is 49.9 Å². The van der Waals surface area contributed by atoms with Gasteiger partial charge in [-0.2, -0.15) is 0 Å². The van der Waals surface area contributed by atoms with Crippen LogP contribution < -0.4 is 10.2 Å². The van der Waals surface area contributed by atoms with Crippen molar-refractivity contribution in [2.45, 2.75) is 45.6 Å². The second-order valence-corrected chi connectivity index (χ2v) is 8.69. The van der Waals surface area contributed by atoms with Crippen molar-refractivity contribution in [2.75, 3.05) is 36.4 Å². The third-order valence-electron chi connectivity index (χ3n) is 5.55. The first-order valence-electron chi connectivity index (χ1n) is 10.9. The molecule has 1 amide bonds. The Kier molecular flexibility index (Phi) is 8.86. The van der Waals surface area contributed by atoms with Crippen molar-refractivity contribution >= 4 is 40.5 Å². The molecule has 0 radical (unpaired) electrons. The smallest absolute Gasteiger partial charge is 0.224 e. The Labute approximate surface area is 190 Å². The van der Waals surface area contributed by atoms with Crippen LogP contribution in [0.5, 0.6) is 0 Å². The summed E-state index contributed by atoms with van der Waals surface area (Å²) in [5, 5.41) is 4.47. The standard InChI is InChI=1S/C24H31Cl2N3O/c1-2-3-4-5-10-24(30)27-20-11-12-23(22(26)17-20)29-15-13-28(14-16-29)18-19-8-6-7-9-21(19)25/h6-9,11-12,17H,2-5,10,13-16,18H2,1H3,(H,27,30). The minimum atomic E-state index is 0.0584. The van der Waals surface area contributed by atoms with Crippen LogP contribution in [0.4, 0.5) is 11.4 Å². The Balaban J connectivity index is 1.50. The van der Waals surface area contributed by atoms with Gasteiger partial charge in [-0.05, 0) is 36.2 Å². The van der Waals surface area contributed by atoms with Crippen LogP contribution in [0.1, 0.15) is 44.6 Å². The highest BCUT2D eigenvalue weighted by Gasteiger charge is 2.20. The number of nitrogens with one attached hydrogen (secondary N) is 1. The topological polar surface area (TPSA) is 35.6 Å². The van der Waals surface area contributed by atoms with E-state index in [1.54, 1.807) is 0 Å². The van der Waals surface area contributed by atoms with E-state index in [9.17, 15) is 4.79 Å². The van der Waals surface area contributed by atoms with Gasteiger partial charge in [-0.15, -0.1) is 0 Å². The largest absolute Gasteiger partial charge is 0.368 e. The minimum Gasteiger partial charge on any atom is -0.368 e. The third kappa shape index (κ3) is 6.63. The van der Waals surface area contributed by atoms with Gasteiger partial charge in [0.15, 0.2) is 0 Å². The fourth-order valence-electron chi connectivity index (χ4n) is 3.79. The third-order valence-corrected chi connectivity index (χ3v) is 6.23. The van der Waals surface area contributed by atoms with E-state index in [-0.39, 0.29) is 5.91 Å². The molecule has 0 spiro atoms. The van der Waals surface area contributed by atoms with Crippen LogP contribution >= 0.6 is 23.2 Å². The molecule has 0 unspecified atom stereocenters. The molecule has 0 atom stereocenters. The lowest BCUT2D eigenvalue weighted by atomic mass is 10.1. The molecule has 3 rings (SSSR count). The molecule has 6 heteroatoms. The lowest BCUT2D eigenvalue weighted by molar-refractivity contribution is -0.116. The summed E-state index contributed by atoms with van der Waals surface area (Å²) < 4.78 is 0. The van der Waals surface area contributed by atoms with Gasteiger partial charge in [0.05, 0.1) is 10.7 Å². The average Bonchev–Trinajstić information content (AvgIpc) is 2.74. The van der Waals surface area contributed by atoms with E-state index >= 15 is 0 Å². The van der Waals surface area contributed by atoms with Crippen molar-refractivity contribution in [1.29, 1.82) is 0 Å². The van der Waals surface area contributed by atoms with Crippen molar-refractivity contribution in [3.63, 3.8) is 0 Å². The number of hydrogen-bond acceptors (Lipinski definition) is 3. The van der Waals surface area contributed by atoms with Crippen LogP contribution in [0, 0.1) is 0 Å². The number of rotatable bonds is 9. The van der Waals surface area contributed by atoms with Gasteiger partial charge in [0.2, 0.25) is 5.91 Å². The lowest BCUT2D eigenvalue weighted by Crippen LogP contribution is -2.46. The van der Waals surface area contributed by atoms with Crippen LogP contribution in [-0.2, 0) is 11.3 Å². The van der Waals surface area contributed by atoms with Crippen LogP contribution in [0.3, 0.4) is 0 Å². The van der Waals surface area contributed by atoms with E-state index in [2.05, 4.69) is 28.1 Å². The number of anilines is 2. The summed E-state index contributed by atoms with van der Waals surface area (Å²) in [4.78, 5) is 16.8. The number of hydrogen-bond donors (Lipinski definition) is 1. The number of benzene rings is 2. The molecule has 4 nitrogen and oxygen atoms in total. The van der Waals surface area contributed by atoms with Crippen LogP contribution in [0.15, 0.2) is 42.5 Å². The summed E-state index contributed by atoms with van der Waals surface area (Å²) in [6, 6.07) is 13.8. The van der Waals surface area contributed by atoms with Gasteiger partial charge in [-0.1, -0.05) is 67.6 Å². The maximum Gasteiger partial charge on any atom is 0.224 e. The quantitative estimate of drug-likeness (QED) is 0.463. The molecule has 0 bridgehead atoms. The van der Waals surface area contributed by atoms with E-state index in [1.807, 2.05) is 36.4 Å². The monoisotopic (exact) mass is 447 g/mol. The molecule has 2 aromatic rings. The highest BCUT2D eigenvalue weighted by molar-refractivity contribution is 6.33. The van der Waals surface area contributed by atoms with Gasteiger partial charge in [0.1, 0.15) is 0 Å². The predicted molar refractivity (Wildman–Crippen MR) is 128 cm³/mol. The van der Waals surface area contributed by atoms with Crippen LogP contribution in [-0.4, -0.2) is 37.0 Å². The number of nitrogens with zero attached hydrogens (tertiary/aromatic N) is 2. The van der Waals surface area contributed by atoms with Gasteiger partial charge in [0.25, 0.3) is 0 Å². The molecular weight excluding hydrogens is 417 g/mol. The Morgan fingerprint density at radius 3 is 2.43 bits per heavy atom. The normalized spacial score (nSPS) is 14.7. The Morgan fingerprint density at radius 1 is 0.967 bits per heavy atom. The molecule has 1 aliphatic rings. The van der Waals surface area contributed by atoms with Crippen LogP contribution in [0.25, 0.3) is 0 Å². The summed E-state index contributed by atoms with van der Waals surface area (Å²) in [7, 11) is 0. The molecule has 0 aliphatic carbocycles. The predicted octanol–water partition coefficient (Wildman–Crippen LogP) is 6.22. The molecule has 1 heterocycles. The lowest BCUT2D eigenvalue weighted by Gasteiger charge is -2.36. The van der Waals surface area contributed by atoms with Crippen molar-refractivity contribution in [3.8, 4) is 0 Å². The Morgan fingerprint density at radius 2 is 1.73 bits per heavy atom. The molecular formula is C24H31Cl2N3O. The number of carbonyl (C=O) groups excluding carboxylic acids is 1. The molecule has 1 saturated heterocycles. The first-order valence-corrected chi connectivity index (χ1v) is 11.6. The maximum atomic E-state index is 12.1.